The van der Waals surface area contributed by atoms with Crippen molar-refractivity contribution in [2.45, 2.75) is 13.0 Å². The van der Waals surface area contributed by atoms with Gasteiger partial charge in [0.25, 0.3) is 0 Å². The van der Waals surface area contributed by atoms with Crippen molar-refractivity contribution in [1.29, 1.82) is 0 Å². The van der Waals surface area contributed by atoms with Crippen LogP contribution < -0.4 is 5.73 Å². The molecule has 1 atom stereocenters. The minimum absolute atomic E-state index is 0.0278. The van der Waals surface area contributed by atoms with E-state index in [-0.39, 0.29) is 12.6 Å². The van der Waals surface area contributed by atoms with E-state index in [0.717, 1.165) is 0 Å². The summed E-state index contributed by atoms with van der Waals surface area (Å²) in [7, 11) is 0. The summed E-state index contributed by atoms with van der Waals surface area (Å²) in [5, 5.41) is 7.96. The highest BCUT2D eigenvalue weighted by Crippen LogP contribution is 1.66. The Hall–Kier alpha value is -0.0800. The molecule has 0 saturated carbocycles. The van der Waals surface area contributed by atoms with Gasteiger partial charge in [0.2, 0.25) is 0 Å². The van der Waals surface area contributed by atoms with E-state index in [9.17, 15) is 0 Å². The highest BCUT2D eigenvalue weighted by Gasteiger charge is 1.82. The van der Waals surface area contributed by atoms with Gasteiger partial charge in [-0.25, -0.2) is 0 Å². The fraction of sp³-hybridized carbons (Fsp3) is 1.00. The second-order valence-electron chi connectivity index (χ2n) is 1.08. The van der Waals surface area contributed by atoms with Crippen LogP contribution in [-0.2, 0) is 0 Å². The van der Waals surface area contributed by atoms with Crippen LogP contribution in [0.25, 0.3) is 0 Å². The van der Waals surface area contributed by atoms with Crippen molar-refractivity contribution < 1.29 is 5.11 Å². The van der Waals surface area contributed by atoms with Crippen molar-refractivity contribution >= 4 is 0 Å². The van der Waals surface area contributed by atoms with E-state index in [1.165, 1.54) is 0 Å². The van der Waals surface area contributed by atoms with Crippen molar-refractivity contribution in [2.24, 2.45) is 0 Å². The molecule has 0 heterocycles. The summed E-state index contributed by atoms with van der Waals surface area (Å²) in [6, 6.07) is -0.310. The molecule has 0 fully saturated rings. The highest BCUT2D eigenvalue weighted by atomic mass is 16.3. The Labute approximate surface area is 31.6 Å². The lowest BCUT2D eigenvalue weighted by Crippen LogP contribution is -2.06. The van der Waals surface area contributed by atoms with Gasteiger partial charge in [0.1, 0.15) is 0 Å². The molecule has 2 N–H and O–H groups in total. The standard InChI is InChI=1S/C3H8NO/c1-3(4)2-5/h3-5H,2H2,1H3/t3-/m0/s1. The first kappa shape index (κ1) is 4.92. The molecular formula is C3H8NO. The van der Waals surface area contributed by atoms with E-state index in [2.05, 4.69) is 0 Å². The molecule has 0 aliphatic rings. The van der Waals surface area contributed by atoms with E-state index in [0.29, 0.717) is 0 Å². The van der Waals surface area contributed by atoms with Crippen molar-refractivity contribution in [3.63, 3.8) is 0 Å². The minimum atomic E-state index is -0.310. The molecule has 2 heteroatoms. The first-order valence-electron chi connectivity index (χ1n) is 1.59. The lowest BCUT2D eigenvalue weighted by atomic mass is 10.4. The van der Waals surface area contributed by atoms with Gasteiger partial charge >= 0.3 is 0 Å². The Morgan fingerprint density at radius 3 is 2.20 bits per heavy atom. The normalized spacial score (nSPS) is 15.0. The number of rotatable bonds is 1. The Bertz CT molecular complexity index is 20.9. The van der Waals surface area contributed by atoms with E-state index >= 15 is 0 Å². The summed E-state index contributed by atoms with van der Waals surface area (Å²) in [6.07, 6.45) is 0. The van der Waals surface area contributed by atoms with Gasteiger partial charge in [-0.3, -0.25) is 5.73 Å². The van der Waals surface area contributed by atoms with Crippen LogP contribution in [0.2, 0.25) is 0 Å². The lowest BCUT2D eigenvalue weighted by Gasteiger charge is -1.89. The molecule has 0 aliphatic heterocycles. The van der Waals surface area contributed by atoms with Crippen LogP contribution in [0.1, 0.15) is 6.92 Å². The quantitative estimate of drug-likeness (QED) is 0.454. The molecule has 2 nitrogen and oxygen atoms in total. The van der Waals surface area contributed by atoms with Gasteiger partial charge in [-0.1, -0.05) is 0 Å². The molecular weight excluding hydrogens is 66.0 g/mol. The SMILES string of the molecule is C[C@H]([NH])CO. The van der Waals surface area contributed by atoms with Crippen LogP contribution in [0, 0.1) is 0 Å². The maximum atomic E-state index is 7.96. The topological polar surface area (TPSA) is 44.0 Å². The number of aliphatic hydroxyl groups is 1. The van der Waals surface area contributed by atoms with Crippen molar-refractivity contribution in [1.82, 2.24) is 5.73 Å². The Morgan fingerprint density at radius 1 is 2.00 bits per heavy atom. The van der Waals surface area contributed by atoms with Crippen molar-refractivity contribution in [3.8, 4) is 0 Å². The zero-order chi connectivity index (χ0) is 4.28. The average molecular weight is 74.1 g/mol. The molecule has 1 radical (unpaired) electrons. The third-order valence-electron chi connectivity index (χ3n) is 0.274. The first-order chi connectivity index (χ1) is 2.27. The first-order valence-corrected chi connectivity index (χ1v) is 1.59. The van der Waals surface area contributed by atoms with Gasteiger partial charge in [0, 0.05) is 6.04 Å². The van der Waals surface area contributed by atoms with E-state index in [4.69, 9.17) is 10.8 Å². The predicted molar refractivity (Wildman–Crippen MR) is 19.6 cm³/mol. The lowest BCUT2D eigenvalue weighted by molar-refractivity contribution is 0.270. The Balaban J connectivity index is 2.54. The van der Waals surface area contributed by atoms with E-state index < -0.39 is 0 Å². The van der Waals surface area contributed by atoms with Gasteiger partial charge < -0.3 is 5.11 Å². The zero-order valence-corrected chi connectivity index (χ0v) is 3.23. The van der Waals surface area contributed by atoms with Crippen molar-refractivity contribution in [3.05, 3.63) is 0 Å². The van der Waals surface area contributed by atoms with Gasteiger partial charge in [0.05, 0.1) is 6.61 Å². The molecule has 0 aromatic heterocycles. The number of nitrogens with one attached hydrogen (secondary N) is 1. The monoisotopic (exact) mass is 74.1 g/mol. The predicted octanol–water partition coefficient (Wildman–Crippen LogP) is -0.350. The molecule has 0 aromatic carbocycles. The Kier molecular flexibility index (Phi) is 2.14. The third-order valence-corrected chi connectivity index (χ3v) is 0.274. The van der Waals surface area contributed by atoms with E-state index in [1.807, 2.05) is 0 Å². The zero-order valence-electron chi connectivity index (χ0n) is 3.23. The van der Waals surface area contributed by atoms with Crippen LogP contribution >= 0.6 is 0 Å². The van der Waals surface area contributed by atoms with Gasteiger partial charge in [-0.15, -0.1) is 0 Å². The number of hydrogen-bond donors (Lipinski definition) is 1. The largest absolute Gasteiger partial charge is 0.395 e. The Morgan fingerprint density at radius 2 is 2.20 bits per heavy atom. The minimum Gasteiger partial charge on any atom is -0.395 e. The molecule has 5 heavy (non-hydrogen) atoms. The van der Waals surface area contributed by atoms with Crippen LogP contribution in [0.3, 0.4) is 0 Å². The second kappa shape index (κ2) is 2.18. The van der Waals surface area contributed by atoms with Crippen LogP contribution in [0.15, 0.2) is 0 Å². The summed E-state index contributed by atoms with van der Waals surface area (Å²) in [5.74, 6) is 0. The maximum absolute atomic E-state index is 7.96. The molecule has 0 unspecified atom stereocenters. The number of aliphatic hydroxyl groups excluding tert-OH is 1. The van der Waals surface area contributed by atoms with Crippen molar-refractivity contribution in [2.75, 3.05) is 6.61 Å². The number of hydrogen-bond acceptors (Lipinski definition) is 1. The summed E-state index contributed by atoms with van der Waals surface area (Å²) in [4.78, 5) is 0. The van der Waals surface area contributed by atoms with Gasteiger partial charge in [-0.05, 0) is 6.92 Å². The van der Waals surface area contributed by atoms with Gasteiger partial charge in [-0.2, -0.15) is 0 Å². The summed E-state index contributed by atoms with van der Waals surface area (Å²) < 4.78 is 0. The van der Waals surface area contributed by atoms with Crippen LogP contribution in [-0.4, -0.2) is 17.8 Å². The molecule has 0 bridgehead atoms. The van der Waals surface area contributed by atoms with E-state index in [1.54, 1.807) is 6.92 Å². The summed E-state index contributed by atoms with van der Waals surface area (Å²) in [6.45, 7) is 1.61. The fourth-order valence-corrected chi connectivity index (χ4v) is 0. The smallest absolute Gasteiger partial charge is 0.0595 e. The third kappa shape index (κ3) is 3.92. The molecule has 0 amide bonds. The maximum Gasteiger partial charge on any atom is 0.0595 e. The summed E-state index contributed by atoms with van der Waals surface area (Å²) >= 11 is 0. The summed E-state index contributed by atoms with van der Waals surface area (Å²) in [5.41, 5.74) is 6.58. The highest BCUT2D eigenvalue weighted by molar-refractivity contribution is 4.42. The molecule has 31 valence electrons. The molecule has 0 spiro atoms. The molecule has 0 aliphatic carbocycles. The fourth-order valence-electron chi connectivity index (χ4n) is 0. The van der Waals surface area contributed by atoms with Crippen LogP contribution in [0.5, 0.6) is 0 Å². The molecule has 0 saturated heterocycles. The molecule has 0 rings (SSSR count). The molecule has 0 aromatic rings. The van der Waals surface area contributed by atoms with Crippen LogP contribution in [0.4, 0.5) is 0 Å². The average Bonchev–Trinajstić information content (AvgIpc) is 1.38. The second-order valence-corrected chi connectivity index (χ2v) is 1.08. The van der Waals surface area contributed by atoms with Gasteiger partial charge in [0.15, 0.2) is 0 Å².